The van der Waals surface area contributed by atoms with Gasteiger partial charge in [0.2, 0.25) is 0 Å². The Balaban J connectivity index is 1.72. The molecule has 1 aromatic rings. The number of nitrogens with zero attached hydrogens (tertiary/aromatic N) is 1. The Morgan fingerprint density at radius 1 is 1.65 bits per heavy atom. The third-order valence-corrected chi connectivity index (χ3v) is 4.16. The number of nitrogens with one attached hydrogen (secondary N) is 1. The number of hydrogen-bond acceptors (Lipinski definition) is 5. The molecule has 1 aliphatic rings. The maximum atomic E-state index is 5.67. The van der Waals surface area contributed by atoms with Crippen molar-refractivity contribution in [2.24, 2.45) is 11.7 Å². The molecule has 4 nitrogen and oxygen atoms in total. The molecule has 2 atom stereocenters. The summed E-state index contributed by atoms with van der Waals surface area (Å²) in [5.41, 5.74) is 6.64. The lowest BCUT2D eigenvalue weighted by Crippen LogP contribution is -2.28. The van der Waals surface area contributed by atoms with Crippen LogP contribution in [-0.2, 0) is 17.8 Å². The molecule has 0 bridgehead atoms. The highest BCUT2D eigenvalue weighted by molar-refractivity contribution is 7.09. The van der Waals surface area contributed by atoms with Crippen molar-refractivity contribution >= 4 is 11.3 Å². The molecule has 0 radical (unpaired) electrons. The van der Waals surface area contributed by atoms with E-state index in [1.54, 1.807) is 11.3 Å². The summed E-state index contributed by atoms with van der Waals surface area (Å²) in [7, 11) is 0. The molecule has 1 saturated heterocycles. The van der Waals surface area contributed by atoms with Gasteiger partial charge in [-0.3, -0.25) is 0 Å². The summed E-state index contributed by atoms with van der Waals surface area (Å²) in [5.74, 6) is 0.660. The largest absolute Gasteiger partial charge is 0.378 e. The summed E-state index contributed by atoms with van der Waals surface area (Å²) in [4.78, 5) is 4.43. The van der Waals surface area contributed by atoms with Crippen molar-refractivity contribution in [1.29, 1.82) is 0 Å². The minimum Gasteiger partial charge on any atom is -0.378 e. The third-order valence-electron chi connectivity index (χ3n) is 3.24. The molecule has 2 heterocycles. The molecule has 0 aliphatic carbocycles. The summed E-state index contributed by atoms with van der Waals surface area (Å²) < 4.78 is 5.67. The normalized spacial score (nSPS) is 24.4. The van der Waals surface area contributed by atoms with Crippen LogP contribution in [0, 0.1) is 5.92 Å². The highest BCUT2D eigenvalue weighted by Crippen LogP contribution is 2.22. The Morgan fingerprint density at radius 2 is 2.53 bits per heavy atom. The maximum absolute atomic E-state index is 5.67. The van der Waals surface area contributed by atoms with Gasteiger partial charge in [0.05, 0.1) is 11.8 Å². The highest BCUT2D eigenvalue weighted by atomic mass is 32.1. The molecule has 0 saturated carbocycles. The zero-order valence-electron chi connectivity index (χ0n) is 10.3. The molecule has 5 heteroatoms. The van der Waals surface area contributed by atoms with Gasteiger partial charge in [-0.1, -0.05) is 6.92 Å². The second-order valence-electron chi connectivity index (χ2n) is 4.43. The molecule has 0 spiro atoms. The molecule has 1 fully saturated rings. The lowest BCUT2D eigenvalue weighted by molar-refractivity contribution is 0.0872. The number of ether oxygens (including phenoxy) is 1. The van der Waals surface area contributed by atoms with Crippen molar-refractivity contribution in [3.05, 3.63) is 16.1 Å². The molecule has 2 unspecified atom stereocenters. The van der Waals surface area contributed by atoms with Crippen LogP contribution in [0.15, 0.2) is 5.38 Å². The van der Waals surface area contributed by atoms with E-state index in [0.29, 0.717) is 18.6 Å². The van der Waals surface area contributed by atoms with Crippen molar-refractivity contribution in [2.45, 2.75) is 39.0 Å². The summed E-state index contributed by atoms with van der Waals surface area (Å²) in [5, 5.41) is 6.56. The maximum Gasteiger partial charge on any atom is 0.106 e. The van der Waals surface area contributed by atoms with E-state index >= 15 is 0 Å². The first-order valence-corrected chi connectivity index (χ1v) is 7.17. The van der Waals surface area contributed by atoms with Gasteiger partial charge in [-0.05, 0) is 18.8 Å². The van der Waals surface area contributed by atoms with Crippen LogP contribution in [0.3, 0.4) is 0 Å². The van der Waals surface area contributed by atoms with Crippen LogP contribution >= 0.6 is 11.3 Å². The highest BCUT2D eigenvalue weighted by Gasteiger charge is 2.25. The molecule has 1 aliphatic heterocycles. The predicted octanol–water partition coefficient (Wildman–Crippen LogP) is 1.51. The van der Waals surface area contributed by atoms with Crippen LogP contribution < -0.4 is 11.1 Å². The van der Waals surface area contributed by atoms with Crippen LogP contribution in [0.25, 0.3) is 0 Å². The fraction of sp³-hybridized carbons (Fsp3) is 0.750. The molecule has 17 heavy (non-hydrogen) atoms. The van der Waals surface area contributed by atoms with E-state index in [-0.39, 0.29) is 0 Å². The van der Waals surface area contributed by atoms with E-state index in [4.69, 9.17) is 10.5 Å². The van der Waals surface area contributed by atoms with Crippen LogP contribution in [0.1, 0.15) is 30.5 Å². The predicted molar refractivity (Wildman–Crippen MR) is 69.9 cm³/mol. The average molecular weight is 255 g/mol. The van der Waals surface area contributed by atoms with Gasteiger partial charge < -0.3 is 15.8 Å². The fourth-order valence-electron chi connectivity index (χ4n) is 2.29. The number of nitrogens with two attached hydrogens (primary N) is 1. The molecule has 0 amide bonds. The van der Waals surface area contributed by atoms with Crippen molar-refractivity contribution in [2.75, 3.05) is 13.2 Å². The molecule has 0 aromatic carbocycles. The van der Waals surface area contributed by atoms with Gasteiger partial charge in [0.15, 0.2) is 0 Å². The van der Waals surface area contributed by atoms with Gasteiger partial charge in [-0.2, -0.15) is 0 Å². The second kappa shape index (κ2) is 6.44. The van der Waals surface area contributed by atoms with Gasteiger partial charge >= 0.3 is 0 Å². The quantitative estimate of drug-likeness (QED) is 0.809. The van der Waals surface area contributed by atoms with Gasteiger partial charge in [-0.15, -0.1) is 11.3 Å². The van der Waals surface area contributed by atoms with E-state index < -0.39 is 0 Å². The number of hydrogen-bond donors (Lipinski definition) is 2. The summed E-state index contributed by atoms with van der Waals surface area (Å²) in [6, 6.07) is 0. The smallest absolute Gasteiger partial charge is 0.106 e. The number of thiazole rings is 1. The van der Waals surface area contributed by atoms with Crippen LogP contribution in [0.5, 0.6) is 0 Å². The summed E-state index contributed by atoms with van der Waals surface area (Å²) in [6.07, 6.45) is 2.73. The standard InChI is InChI=1S/C12H21N3OS/c1-2-11-9(3-4-16-11)6-14-7-10-8-17-12(5-13)15-10/h8-9,11,14H,2-7,13H2,1H3. The van der Waals surface area contributed by atoms with E-state index in [1.165, 1.54) is 6.42 Å². The zero-order valence-corrected chi connectivity index (χ0v) is 11.1. The van der Waals surface area contributed by atoms with E-state index in [1.807, 2.05) is 0 Å². The van der Waals surface area contributed by atoms with Gasteiger partial charge in [0.1, 0.15) is 5.01 Å². The minimum atomic E-state index is 0.442. The van der Waals surface area contributed by atoms with Gasteiger partial charge in [0.25, 0.3) is 0 Å². The van der Waals surface area contributed by atoms with Gasteiger partial charge in [0, 0.05) is 31.6 Å². The topological polar surface area (TPSA) is 60.2 Å². The Morgan fingerprint density at radius 3 is 3.24 bits per heavy atom. The molecular weight excluding hydrogens is 234 g/mol. The third kappa shape index (κ3) is 3.48. The van der Waals surface area contributed by atoms with E-state index in [0.717, 1.165) is 36.8 Å². The summed E-state index contributed by atoms with van der Waals surface area (Å²) in [6.45, 7) is 5.51. The SMILES string of the molecule is CCC1OCCC1CNCc1csc(CN)n1. The Kier molecular flexibility index (Phi) is 4.91. The van der Waals surface area contributed by atoms with Crippen LogP contribution in [0.4, 0.5) is 0 Å². The number of rotatable bonds is 6. The first-order chi connectivity index (χ1) is 8.33. The average Bonchev–Trinajstić information content (AvgIpc) is 2.97. The Bertz CT molecular complexity index is 342. The van der Waals surface area contributed by atoms with E-state index in [9.17, 15) is 0 Å². The molecule has 96 valence electrons. The Hall–Kier alpha value is -0.490. The Labute approximate surface area is 107 Å². The second-order valence-corrected chi connectivity index (χ2v) is 5.38. The molecule has 3 N–H and O–H groups in total. The first-order valence-electron chi connectivity index (χ1n) is 6.29. The van der Waals surface area contributed by atoms with Crippen molar-refractivity contribution in [1.82, 2.24) is 10.3 Å². The van der Waals surface area contributed by atoms with Gasteiger partial charge in [-0.25, -0.2) is 4.98 Å². The minimum absolute atomic E-state index is 0.442. The van der Waals surface area contributed by atoms with Crippen LogP contribution in [0.2, 0.25) is 0 Å². The van der Waals surface area contributed by atoms with E-state index in [2.05, 4.69) is 22.6 Å². The molecular formula is C12H21N3OS. The monoisotopic (exact) mass is 255 g/mol. The van der Waals surface area contributed by atoms with Crippen LogP contribution in [-0.4, -0.2) is 24.2 Å². The number of aromatic nitrogens is 1. The molecule has 2 rings (SSSR count). The molecule has 1 aromatic heterocycles. The van der Waals surface area contributed by atoms with Crippen molar-refractivity contribution in [3.63, 3.8) is 0 Å². The lowest BCUT2D eigenvalue weighted by Gasteiger charge is -2.16. The summed E-state index contributed by atoms with van der Waals surface area (Å²) >= 11 is 1.64. The zero-order chi connectivity index (χ0) is 12.1. The first kappa shape index (κ1) is 13.0. The lowest BCUT2D eigenvalue weighted by atomic mass is 10.00. The fourth-order valence-corrected chi connectivity index (χ4v) is 2.96. The van der Waals surface area contributed by atoms with Crippen molar-refractivity contribution < 1.29 is 4.74 Å². The van der Waals surface area contributed by atoms with Crippen molar-refractivity contribution in [3.8, 4) is 0 Å².